The largest absolute Gasteiger partial charge is 0.481 e. The Morgan fingerprint density at radius 3 is 2.43 bits per heavy atom. The molecule has 0 aliphatic rings. The van der Waals surface area contributed by atoms with Gasteiger partial charge in [0.05, 0.1) is 5.92 Å². The molecule has 0 aliphatic heterocycles. The first-order valence-corrected chi connectivity index (χ1v) is 5.07. The molecule has 0 aromatic carbocycles. The fourth-order valence-corrected chi connectivity index (χ4v) is 1.42. The Morgan fingerprint density at radius 1 is 1.36 bits per heavy atom. The zero-order valence-electron chi connectivity index (χ0n) is 8.78. The lowest BCUT2D eigenvalue weighted by atomic mass is 9.97. The van der Waals surface area contributed by atoms with Gasteiger partial charge >= 0.3 is 5.97 Å². The summed E-state index contributed by atoms with van der Waals surface area (Å²) in [6, 6.07) is 0. The van der Waals surface area contributed by atoms with Gasteiger partial charge in [0.15, 0.2) is 0 Å². The summed E-state index contributed by atoms with van der Waals surface area (Å²) in [6.07, 6.45) is 4.10. The molecule has 1 atom stereocenters. The van der Waals surface area contributed by atoms with E-state index in [0.717, 1.165) is 37.2 Å². The molecule has 0 radical (unpaired) electrons. The van der Waals surface area contributed by atoms with Crippen molar-refractivity contribution in [1.29, 1.82) is 0 Å². The summed E-state index contributed by atoms with van der Waals surface area (Å²) in [4.78, 5) is 10.8. The molecule has 0 aromatic rings. The molecule has 5 heteroatoms. The van der Waals surface area contributed by atoms with E-state index in [1.165, 1.54) is 0 Å². The molecule has 0 rings (SSSR count). The van der Waals surface area contributed by atoms with Crippen LogP contribution in [0.15, 0.2) is 0 Å². The maximum atomic E-state index is 10.8. The van der Waals surface area contributed by atoms with E-state index in [4.69, 9.17) is 16.8 Å². The van der Waals surface area contributed by atoms with Crippen molar-refractivity contribution in [1.82, 2.24) is 5.12 Å². The van der Waals surface area contributed by atoms with Crippen LogP contribution in [-0.2, 0) is 4.79 Å². The van der Waals surface area contributed by atoms with Crippen molar-refractivity contribution in [3.8, 4) is 0 Å². The van der Waals surface area contributed by atoms with Gasteiger partial charge in [-0.1, -0.05) is 19.8 Å². The van der Waals surface area contributed by atoms with Crippen LogP contribution in [0.5, 0.6) is 0 Å². The zero-order chi connectivity index (χ0) is 11.0. The Hall–Kier alpha value is -0.650. The number of carbonyl (C=O) groups is 1. The smallest absolute Gasteiger partial charge is 0.306 e. The van der Waals surface area contributed by atoms with Crippen molar-refractivity contribution < 1.29 is 9.90 Å². The van der Waals surface area contributed by atoms with E-state index >= 15 is 0 Å². The van der Waals surface area contributed by atoms with Gasteiger partial charge in [0.1, 0.15) is 0 Å². The van der Waals surface area contributed by atoms with Crippen LogP contribution in [0.4, 0.5) is 0 Å². The molecule has 0 aliphatic carbocycles. The standard InChI is InChI=1S/C9H21N3O2/c1-2-5-8(9(13)14)6-3-4-7-12(10)11/h8H,2-7,10-11H2,1H3,(H,13,14). The van der Waals surface area contributed by atoms with E-state index < -0.39 is 5.97 Å². The number of unbranched alkanes of at least 4 members (excludes halogenated alkanes) is 1. The van der Waals surface area contributed by atoms with Gasteiger partial charge in [-0.2, -0.15) is 5.12 Å². The summed E-state index contributed by atoms with van der Waals surface area (Å²) in [5.74, 6) is 9.55. The van der Waals surface area contributed by atoms with E-state index in [1.807, 2.05) is 6.92 Å². The van der Waals surface area contributed by atoms with E-state index in [2.05, 4.69) is 0 Å². The highest BCUT2D eigenvalue weighted by atomic mass is 16.4. The minimum absolute atomic E-state index is 0.205. The lowest BCUT2D eigenvalue weighted by molar-refractivity contribution is -0.142. The molecule has 0 bridgehead atoms. The SMILES string of the molecule is CCCC(CCCCN(N)N)C(=O)O. The molecule has 0 amide bonds. The van der Waals surface area contributed by atoms with Gasteiger partial charge in [-0.05, 0) is 19.3 Å². The summed E-state index contributed by atoms with van der Waals surface area (Å²) >= 11 is 0. The van der Waals surface area contributed by atoms with Crippen LogP contribution < -0.4 is 11.7 Å². The number of carboxylic acids is 1. The van der Waals surface area contributed by atoms with Gasteiger partial charge in [0.25, 0.3) is 0 Å². The summed E-state index contributed by atoms with van der Waals surface area (Å²) in [6.45, 7) is 2.61. The van der Waals surface area contributed by atoms with Crippen molar-refractivity contribution >= 4 is 5.97 Å². The molecule has 0 fully saturated rings. The lowest BCUT2D eigenvalue weighted by Crippen LogP contribution is -2.38. The lowest BCUT2D eigenvalue weighted by Gasteiger charge is -2.12. The van der Waals surface area contributed by atoms with Crippen molar-refractivity contribution in [2.75, 3.05) is 6.54 Å². The first-order valence-electron chi connectivity index (χ1n) is 5.07. The summed E-state index contributed by atoms with van der Waals surface area (Å²) in [5.41, 5.74) is 0. The predicted octanol–water partition coefficient (Wildman–Crippen LogP) is 0.707. The molecule has 0 saturated carbocycles. The monoisotopic (exact) mass is 203 g/mol. The van der Waals surface area contributed by atoms with Crippen LogP contribution in [0.1, 0.15) is 39.0 Å². The minimum Gasteiger partial charge on any atom is -0.481 e. The Bertz CT molecular complexity index is 162. The normalized spacial score (nSPS) is 13.1. The highest BCUT2D eigenvalue weighted by molar-refractivity contribution is 5.69. The maximum absolute atomic E-state index is 10.8. The first-order chi connectivity index (χ1) is 6.57. The number of aliphatic carboxylic acids is 1. The van der Waals surface area contributed by atoms with Crippen LogP contribution in [0.25, 0.3) is 0 Å². The van der Waals surface area contributed by atoms with Gasteiger partial charge in [0.2, 0.25) is 0 Å². The Balaban J connectivity index is 3.56. The number of carboxylic acid groups (broad SMARTS) is 1. The van der Waals surface area contributed by atoms with Crippen molar-refractivity contribution in [2.45, 2.75) is 39.0 Å². The maximum Gasteiger partial charge on any atom is 0.306 e. The number of hydrazine groups is 2. The van der Waals surface area contributed by atoms with Crippen LogP contribution in [0.2, 0.25) is 0 Å². The third-order valence-electron chi connectivity index (χ3n) is 2.21. The van der Waals surface area contributed by atoms with E-state index in [-0.39, 0.29) is 5.92 Å². The number of nitrogens with two attached hydrogens (primary N) is 2. The Labute approximate surface area is 85.0 Å². The molecule has 0 spiro atoms. The second-order valence-corrected chi connectivity index (χ2v) is 3.56. The number of nitrogens with zero attached hydrogens (tertiary/aromatic N) is 1. The molecule has 84 valence electrons. The van der Waals surface area contributed by atoms with Crippen LogP contribution in [0.3, 0.4) is 0 Å². The van der Waals surface area contributed by atoms with Gasteiger partial charge in [-0.15, -0.1) is 0 Å². The average Bonchev–Trinajstić information content (AvgIpc) is 2.09. The third-order valence-corrected chi connectivity index (χ3v) is 2.21. The Morgan fingerprint density at radius 2 is 2.00 bits per heavy atom. The van der Waals surface area contributed by atoms with Gasteiger partial charge < -0.3 is 5.11 Å². The second-order valence-electron chi connectivity index (χ2n) is 3.56. The molecule has 5 N–H and O–H groups in total. The molecule has 1 unspecified atom stereocenters. The zero-order valence-corrected chi connectivity index (χ0v) is 8.78. The van der Waals surface area contributed by atoms with Gasteiger partial charge in [0, 0.05) is 6.54 Å². The van der Waals surface area contributed by atoms with Crippen LogP contribution in [0, 0.1) is 5.92 Å². The Kier molecular flexibility index (Phi) is 7.37. The molecular weight excluding hydrogens is 182 g/mol. The van der Waals surface area contributed by atoms with Crippen LogP contribution in [-0.4, -0.2) is 22.7 Å². The fraction of sp³-hybridized carbons (Fsp3) is 0.889. The van der Waals surface area contributed by atoms with Gasteiger partial charge in [-0.3, -0.25) is 16.5 Å². The molecule has 5 nitrogen and oxygen atoms in total. The first kappa shape index (κ1) is 13.4. The minimum atomic E-state index is -0.691. The number of hydrogen-bond donors (Lipinski definition) is 3. The summed E-state index contributed by atoms with van der Waals surface area (Å²) in [7, 11) is 0. The van der Waals surface area contributed by atoms with Crippen molar-refractivity contribution in [3.63, 3.8) is 0 Å². The topological polar surface area (TPSA) is 92.6 Å². The fourth-order valence-electron chi connectivity index (χ4n) is 1.42. The molecule has 0 aromatic heterocycles. The van der Waals surface area contributed by atoms with Crippen molar-refractivity contribution in [3.05, 3.63) is 0 Å². The number of hydrogen-bond acceptors (Lipinski definition) is 4. The molecule has 14 heavy (non-hydrogen) atoms. The number of rotatable bonds is 8. The van der Waals surface area contributed by atoms with E-state index in [9.17, 15) is 4.79 Å². The highest BCUT2D eigenvalue weighted by Gasteiger charge is 2.15. The average molecular weight is 203 g/mol. The molecule has 0 heterocycles. The highest BCUT2D eigenvalue weighted by Crippen LogP contribution is 2.14. The van der Waals surface area contributed by atoms with E-state index in [1.54, 1.807) is 0 Å². The molecule has 0 saturated heterocycles. The predicted molar refractivity (Wildman–Crippen MR) is 55.0 cm³/mol. The van der Waals surface area contributed by atoms with Crippen molar-refractivity contribution in [2.24, 2.45) is 17.6 Å². The van der Waals surface area contributed by atoms with E-state index in [0.29, 0.717) is 6.54 Å². The molecular formula is C9H21N3O2. The third kappa shape index (κ3) is 6.82. The quantitative estimate of drug-likeness (QED) is 0.307. The summed E-state index contributed by atoms with van der Waals surface area (Å²) in [5, 5.41) is 9.99. The van der Waals surface area contributed by atoms with Crippen LogP contribution >= 0.6 is 0 Å². The second kappa shape index (κ2) is 7.73. The van der Waals surface area contributed by atoms with Gasteiger partial charge in [-0.25, -0.2) is 0 Å². The summed E-state index contributed by atoms with van der Waals surface area (Å²) < 4.78 is 0.